The van der Waals surface area contributed by atoms with Crippen LogP contribution in [0.15, 0.2) is 11.3 Å². The van der Waals surface area contributed by atoms with E-state index in [1.165, 1.54) is 6.42 Å². The zero-order valence-corrected chi connectivity index (χ0v) is 19.4. The first kappa shape index (κ1) is 22.4. The van der Waals surface area contributed by atoms with Crippen molar-refractivity contribution < 1.29 is 4.74 Å². The molecular formula is C19H35IN6O. The van der Waals surface area contributed by atoms with E-state index in [4.69, 9.17) is 9.73 Å². The monoisotopic (exact) mass is 490 g/mol. The van der Waals surface area contributed by atoms with Crippen molar-refractivity contribution in [3.63, 3.8) is 0 Å². The van der Waals surface area contributed by atoms with Gasteiger partial charge in [-0.25, -0.2) is 9.67 Å². The second kappa shape index (κ2) is 10.0. The molecular weight excluding hydrogens is 455 g/mol. The largest absolute Gasteiger partial charge is 0.377 e. The van der Waals surface area contributed by atoms with Gasteiger partial charge in [-0.15, -0.1) is 24.0 Å². The highest BCUT2D eigenvalue weighted by Gasteiger charge is 2.35. The van der Waals surface area contributed by atoms with Crippen molar-refractivity contribution in [3.05, 3.63) is 12.2 Å². The predicted molar refractivity (Wildman–Crippen MR) is 119 cm³/mol. The number of fused-ring (bicyclic) bond motifs is 1. The van der Waals surface area contributed by atoms with Gasteiger partial charge in [0.2, 0.25) is 0 Å². The molecule has 1 aromatic heterocycles. The molecule has 0 bridgehead atoms. The molecule has 0 aromatic carbocycles. The second-order valence-electron chi connectivity index (χ2n) is 8.52. The molecule has 3 rings (SSSR count). The molecule has 0 radical (unpaired) electrons. The normalized spacial score (nSPS) is 26.1. The van der Waals surface area contributed by atoms with Crippen molar-refractivity contribution in [1.82, 2.24) is 25.4 Å². The van der Waals surface area contributed by atoms with E-state index in [9.17, 15) is 0 Å². The molecule has 1 aromatic rings. The minimum Gasteiger partial charge on any atom is -0.377 e. The fourth-order valence-electron chi connectivity index (χ4n) is 4.06. The fourth-order valence-corrected chi connectivity index (χ4v) is 4.06. The Kier molecular flexibility index (Phi) is 8.33. The highest BCUT2D eigenvalue weighted by atomic mass is 127. The third-order valence-corrected chi connectivity index (χ3v) is 5.27. The minimum absolute atomic E-state index is 0. The van der Waals surface area contributed by atoms with Gasteiger partial charge >= 0.3 is 0 Å². The van der Waals surface area contributed by atoms with Crippen LogP contribution in [0.1, 0.15) is 52.8 Å². The molecule has 2 N–H and O–H groups in total. The van der Waals surface area contributed by atoms with Crippen molar-refractivity contribution in [2.45, 2.75) is 72.1 Å². The lowest BCUT2D eigenvalue weighted by Crippen LogP contribution is -2.48. The molecule has 3 atom stereocenters. The van der Waals surface area contributed by atoms with Crippen LogP contribution in [0.4, 0.5) is 0 Å². The van der Waals surface area contributed by atoms with Crippen molar-refractivity contribution >= 4 is 29.9 Å². The number of rotatable bonds is 4. The lowest BCUT2D eigenvalue weighted by atomic mass is 9.78. The van der Waals surface area contributed by atoms with E-state index < -0.39 is 0 Å². The van der Waals surface area contributed by atoms with E-state index in [1.807, 2.05) is 4.68 Å². The number of hydrogen-bond acceptors (Lipinski definition) is 4. The zero-order chi connectivity index (χ0) is 18.6. The molecule has 3 heterocycles. The minimum atomic E-state index is 0. The zero-order valence-electron chi connectivity index (χ0n) is 17.1. The van der Waals surface area contributed by atoms with Gasteiger partial charge in [-0.05, 0) is 31.6 Å². The topological polar surface area (TPSA) is 76.4 Å². The Balaban J connectivity index is 0.00000261. The van der Waals surface area contributed by atoms with E-state index in [1.54, 1.807) is 6.33 Å². The summed E-state index contributed by atoms with van der Waals surface area (Å²) < 4.78 is 8.09. The number of ether oxygens (including phenoxy) is 1. The van der Waals surface area contributed by atoms with Gasteiger partial charge in [-0.2, -0.15) is 5.10 Å². The summed E-state index contributed by atoms with van der Waals surface area (Å²) in [4.78, 5) is 9.21. The molecule has 0 spiro atoms. The van der Waals surface area contributed by atoms with Crippen LogP contribution in [0.5, 0.6) is 0 Å². The van der Waals surface area contributed by atoms with Gasteiger partial charge in [0.25, 0.3) is 0 Å². The van der Waals surface area contributed by atoms with E-state index in [0.717, 1.165) is 57.3 Å². The van der Waals surface area contributed by atoms with Gasteiger partial charge in [-0.3, -0.25) is 4.99 Å². The highest BCUT2D eigenvalue weighted by Crippen LogP contribution is 2.34. The number of aryl methyl sites for hydroxylation is 1. The summed E-state index contributed by atoms with van der Waals surface area (Å²) in [5.74, 6) is 2.46. The third kappa shape index (κ3) is 6.04. The first-order valence-electron chi connectivity index (χ1n) is 10.0. The van der Waals surface area contributed by atoms with E-state index in [0.29, 0.717) is 12.0 Å². The first-order valence-corrected chi connectivity index (χ1v) is 10.0. The molecule has 1 fully saturated rings. The maximum atomic E-state index is 6.10. The Morgan fingerprint density at radius 1 is 1.37 bits per heavy atom. The molecule has 2 aliphatic rings. The fraction of sp³-hybridized carbons (Fsp3) is 0.842. The molecule has 0 aliphatic carbocycles. The first-order chi connectivity index (χ1) is 12.5. The smallest absolute Gasteiger partial charge is 0.191 e. The van der Waals surface area contributed by atoms with Gasteiger partial charge in [-0.1, -0.05) is 20.8 Å². The third-order valence-electron chi connectivity index (χ3n) is 5.27. The van der Waals surface area contributed by atoms with Crippen LogP contribution < -0.4 is 10.6 Å². The van der Waals surface area contributed by atoms with Crippen LogP contribution in [0.2, 0.25) is 0 Å². The molecule has 3 unspecified atom stereocenters. The average Bonchev–Trinajstić information content (AvgIpc) is 3.07. The average molecular weight is 490 g/mol. The standard InChI is InChI=1S/C19H34N6O.HI/c1-5-20-18(24-15-8-9-16-22-13-23-25(16)12-15)21-11-14-7-6-10-26-17(14)19(2,3)4;/h13-15,17H,5-12H2,1-4H3,(H2,20,21,24);1H. The Morgan fingerprint density at radius 3 is 2.93 bits per heavy atom. The summed E-state index contributed by atoms with van der Waals surface area (Å²) in [7, 11) is 0. The van der Waals surface area contributed by atoms with Gasteiger partial charge in [0.1, 0.15) is 12.2 Å². The SMILES string of the molecule is CCNC(=NCC1CCCOC1C(C)(C)C)NC1CCc2ncnn2C1.I. The Morgan fingerprint density at radius 2 is 2.19 bits per heavy atom. The number of halogens is 1. The summed E-state index contributed by atoms with van der Waals surface area (Å²) in [6, 6.07) is 0.336. The number of aromatic nitrogens is 3. The van der Waals surface area contributed by atoms with E-state index in [2.05, 4.69) is 48.4 Å². The van der Waals surface area contributed by atoms with Gasteiger partial charge in [0.15, 0.2) is 5.96 Å². The number of nitrogens with zero attached hydrogens (tertiary/aromatic N) is 4. The molecule has 0 amide bonds. The number of hydrogen-bond donors (Lipinski definition) is 2. The van der Waals surface area contributed by atoms with Gasteiger partial charge < -0.3 is 15.4 Å². The summed E-state index contributed by atoms with van der Waals surface area (Å²) in [5.41, 5.74) is 0.152. The van der Waals surface area contributed by atoms with Crippen LogP contribution >= 0.6 is 24.0 Å². The molecule has 154 valence electrons. The molecule has 2 aliphatic heterocycles. The second-order valence-corrected chi connectivity index (χ2v) is 8.52. The van der Waals surface area contributed by atoms with Gasteiger partial charge in [0, 0.05) is 38.1 Å². The number of nitrogens with one attached hydrogen (secondary N) is 2. The quantitative estimate of drug-likeness (QED) is 0.386. The van der Waals surface area contributed by atoms with Crippen molar-refractivity contribution in [1.29, 1.82) is 0 Å². The lowest BCUT2D eigenvalue weighted by molar-refractivity contribution is -0.0823. The van der Waals surface area contributed by atoms with E-state index in [-0.39, 0.29) is 35.5 Å². The summed E-state index contributed by atoms with van der Waals surface area (Å²) in [6.45, 7) is 12.3. The predicted octanol–water partition coefficient (Wildman–Crippen LogP) is 2.61. The molecule has 0 saturated carbocycles. The maximum Gasteiger partial charge on any atom is 0.191 e. The Labute approximate surface area is 180 Å². The Bertz CT molecular complexity index is 612. The summed E-state index contributed by atoms with van der Waals surface area (Å²) in [6.07, 6.45) is 6.26. The highest BCUT2D eigenvalue weighted by molar-refractivity contribution is 14.0. The maximum absolute atomic E-state index is 6.10. The van der Waals surface area contributed by atoms with Crippen LogP contribution in [-0.2, 0) is 17.7 Å². The van der Waals surface area contributed by atoms with Crippen LogP contribution in [0.3, 0.4) is 0 Å². The molecule has 8 heteroatoms. The summed E-state index contributed by atoms with van der Waals surface area (Å²) in [5, 5.41) is 11.3. The van der Waals surface area contributed by atoms with Crippen molar-refractivity contribution in [2.75, 3.05) is 19.7 Å². The number of guanidine groups is 1. The summed E-state index contributed by atoms with van der Waals surface area (Å²) >= 11 is 0. The Hall–Kier alpha value is -0.900. The van der Waals surface area contributed by atoms with Crippen LogP contribution in [-0.4, -0.2) is 52.6 Å². The molecule has 7 nitrogen and oxygen atoms in total. The number of aliphatic imine (C=N–C) groups is 1. The molecule has 27 heavy (non-hydrogen) atoms. The van der Waals surface area contributed by atoms with Crippen molar-refractivity contribution in [3.8, 4) is 0 Å². The lowest BCUT2D eigenvalue weighted by Gasteiger charge is -2.39. The van der Waals surface area contributed by atoms with Crippen LogP contribution in [0, 0.1) is 11.3 Å². The van der Waals surface area contributed by atoms with E-state index >= 15 is 0 Å². The van der Waals surface area contributed by atoms with Gasteiger partial charge in [0.05, 0.1) is 12.6 Å². The van der Waals surface area contributed by atoms with Crippen LogP contribution in [0.25, 0.3) is 0 Å². The van der Waals surface area contributed by atoms with Crippen molar-refractivity contribution in [2.24, 2.45) is 16.3 Å². The molecule has 1 saturated heterocycles.